The van der Waals surface area contributed by atoms with Crippen LogP contribution in [0.25, 0.3) is 6.08 Å². The number of rotatable bonds is 5. The summed E-state index contributed by atoms with van der Waals surface area (Å²) in [5.41, 5.74) is 0.952. The summed E-state index contributed by atoms with van der Waals surface area (Å²) < 4.78 is 5.03. The van der Waals surface area contributed by atoms with Crippen molar-refractivity contribution in [1.82, 2.24) is 10.6 Å². The van der Waals surface area contributed by atoms with Gasteiger partial charge in [-0.15, -0.1) is 0 Å². The van der Waals surface area contributed by atoms with Crippen molar-refractivity contribution in [2.24, 2.45) is 0 Å². The Kier molecular flexibility index (Phi) is 5.60. The molecule has 92 valence electrons. The van der Waals surface area contributed by atoms with E-state index in [-0.39, 0.29) is 19.2 Å². The normalized spacial score (nSPS) is 10.2. The monoisotopic (exact) mass is 236 g/mol. The molecule has 0 heterocycles. The maximum atomic E-state index is 11.1. The fourth-order valence-electron chi connectivity index (χ4n) is 1.15. The van der Waals surface area contributed by atoms with E-state index in [1.54, 1.807) is 13.2 Å². The van der Waals surface area contributed by atoms with Crippen molar-refractivity contribution in [2.45, 2.75) is 0 Å². The predicted molar refractivity (Wildman–Crippen MR) is 65.6 cm³/mol. The Balaban J connectivity index is 2.39. The standard InChI is InChI=1S/C12H16N2O3/c1-17-11-4-2-10(3-5-11)6-7-13-12(16)14-8-9-15/h2-7,15H,8-9H2,1H3,(H2,13,14,16)/b7-6+. The zero-order valence-corrected chi connectivity index (χ0v) is 9.64. The average molecular weight is 236 g/mol. The lowest BCUT2D eigenvalue weighted by Crippen LogP contribution is -2.33. The molecule has 0 aliphatic carbocycles. The first-order chi connectivity index (χ1) is 8.26. The minimum absolute atomic E-state index is 0.0738. The van der Waals surface area contributed by atoms with E-state index < -0.39 is 0 Å². The number of ether oxygens (including phenoxy) is 1. The third-order valence-corrected chi connectivity index (χ3v) is 2.00. The maximum Gasteiger partial charge on any atom is 0.318 e. The molecular formula is C12H16N2O3. The molecular weight excluding hydrogens is 220 g/mol. The van der Waals surface area contributed by atoms with Gasteiger partial charge in [0.2, 0.25) is 0 Å². The van der Waals surface area contributed by atoms with E-state index >= 15 is 0 Å². The zero-order valence-electron chi connectivity index (χ0n) is 9.64. The molecule has 3 N–H and O–H groups in total. The van der Waals surface area contributed by atoms with E-state index in [2.05, 4.69) is 10.6 Å². The van der Waals surface area contributed by atoms with Crippen LogP contribution < -0.4 is 15.4 Å². The molecule has 0 aliphatic heterocycles. The van der Waals surface area contributed by atoms with Crippen LogP contribution in [0.3, 0.4) is 0 Å². The van der Waals surface area contributed by atoms with Crippen LogP contribution in [-0.4, -0.2) is 31.4 Å². The first kappa shape index (κ1) is 13.1. The molecule has 0 aliphatic rings. The minimum atomic E-state index is -0.344. The number of carbonyl (C=O) groups excluding carboxylic acids is 1. The highest BCUT2D eigenvalue weighted by molar-refractivity contribution is 5.75. The van der Waals surface area contributed by atoms with Crippen LogP contribution in [0.5, 0.6) is 5.75 Å². The Morgan fingerprint density at radius 2 is 2.12 bits per heavy atom. The summed E-state index contributed by atoms with van der Waals surface area (Å²) in [6.45, 7) is 0.165. The molecule has 0 spiro atoms. The van der Waals surface area contributed by atoms with Crippen LogP contribution >= 0.6 is 0 Å². The number of methoxy groups -OCH3 is 1. The van der Waals surface area contributed by atoms with Crippen LogP contribution in [0.2, 0.25) is 0 Å². The highest BCUT2D eigenvalue weighted by Gasteiger charge is 1.94. The van der Waals surface area contributed by atoms with Gasteiger partial charge >= 0.3 is 6.03 Å². The maximum absolute atomic E-state index is 11.1. The zero-order chi connectivity index (χ0) is 12.5. The van der Waals surface area contributed by atoms with Gasteiger partial charge in [-0.25, -0.2) is 4.79 Å². The fraction of sp³-hybridized carbons (Fsp3) is 0.250. The van der Waals surface area contributed by atoms with Crippen LogP contribution in [-0.2, 0) is 0 Å². The highest BCUT2D eigenvalue weighted by Crippen LogP contribution is 2.11. The molecule has 2 amide bonds. The van der Waals surface area contributed by atoms with Crippen molar-refractivity contribution in [3.8, 4) is 5.75 Å². The molecule has 5 nitrogen and oxygen atoms in total. The Hall–Kier alpha value is -2.01. The molecule has 1 aromatic carbocycles. The van der Waals surface area contributed by atoms with Gasteiger partial charge in [-0.2, -0.15) is 0 Å². The van der Waals surface area contributed by atoms with Crippen LogP contribution in [0.15, 0.2) is 30.5 Å². The van der Waals surface area contributed by atoms with Gasteiger partial charge in [-0.1, -0.05) is 12.1 Å². The van der Waals surface area contributed by atoms with Crippen LogP contribution in [0.1, 0.15) is 5.56 Å². The van der Waals surface area contributed by atoms with E-state index in [1.165, 1.54) is 6.20 Å². The topological polar surface area (TPSA) is 70.6 Å². The molecule has 0 saturated heterocycles. The summed E-state index contributed by atoms with van der Waals surface area (Å²) in [5.74, 6) is 0.788. The molecule has 0 saturated carbocycles. The molecule has 0 bridgehead atoms. The summed E-state index contributed by atoms with van der Waals surface area (Å²) in [4.78, 5) is 11.1. The lowest BCUT2D eigenvalue weighted by Gasteiger charge is -2.02. The predicted octanol–water partition coefficient (Wildman–Crippen LogP) is 0.957. The number of carbonyl (C=O) groups is 1. The second-order valence-electron chi connectivity index (χ2n) is 3.23. The second-order valence-corrected chi connectivity index (χ2v) is 3.23. The van der Waals surface area contributed by atoms with E-state index in [0.717, 1.165) is 11.3 Å². The van der Waals surface area contributed by atoms with Gasteiger partial charge in [0.15, 0.2) is 0 Å². The number of hydrogen-bond acceptors (Lipinski definition) is 3. The number of aliphatic hydroxyl groups excluding tert-OH is 1. The first-order valence-corrected chi connectivity index (χ1v) is 5.22. The third kappa shape index (κ3) is 5.03. The Bertz CT molecular complexity index is 374. The molecule has 0 unspecified atom stereocenters. The largest absolute Gasteiger partial charge is 0.497 e. The smallest absolute Gasteiger partial charge is 0.318 e. The van der Waals surface area contributed by atoms with Gasteiger partial charge < -0.3 is 20.5 Å². The van der Waals surface area contributed by atoms with Gasteiger partial charge in [0.1, 0.15) is 5.75 Å². The molecule has 0 atom stereocenters. The van der Waals surface area contributed by atoms with Crippen molar-refractivity contribution in [1.29, 1.82) is 0 Å². The first-order valence-electron chi connectivity index (χ1n) is 5.22. The molecule has 1 rings (SSSR count). The number of urea groups is 1. The average Bonchev–Trinajstić information content (AvgIpc) is 2.37. The number of nitrogens with one attached hydrogen (secondary N) is 2. The minimum Gasteiger partial charge on any atom is -0.497 e. The number of benzene rings is 1. The Labute approximate surface area is 100 Å². The SMILES string of the molecule is COc1ccc(/C=C/NC(=O)NCCO)cc1. The molecule has 1 aromatic rings. The quantitative estimate of drug-likeness (QED) is 0.713. The summed E-state index contributed by atoms with van der Waals surface area (Å²) in [6.07, 6.45) is 3.30. The lowest BCUT2D eigenvalue weighted by atomic mass is 10.2. The van der Waals surface area contributed by atoms with Crippen molar-refractivity contribution in [2.75, 3.05) is 20.3 Å². The molecule has 17 heavy (non-hydrogen) atoms. The molecule has 5 heteroatoms. The number of hydrogen-bond donors (Lipinski definition) is 3. The third-order valence-electron chi connectivity index (χ3n) is 2.00. The van der Waals surface area contributed by atoms with E-state index in [1.807, 2.05) is 24.3 Å². The van der Waals surface area contributed by atoms with Gasteiger partial charge in [0.25, 0.3) is 0 Å². The summed E-state index contributed by atoms with van der Waals surface area (Å²) in [5, 5.41) is 13.5. The molecule has 0 aromatic heterocycles. The highest BCUT2D eigenvalue weighted by atomic mass is 16.5. The lowest BCUT2D eigenvalue weighted by molar-refractivity contribution is 0.237. The Morgan fingerprint density at radius 1 is 1.41 bits per heavy atom. The van der Waals surface area contributed by atoms with Crippen LogP contribution in [0, 0.1) is 0 Å². The van der Waals surface area contributed by atoms with Crippen molar-refractivity contribution in [3.63, 3.8) is 0 Å². The summed E-state index contributed by atoms with van der Waals surface area (Å²) >= 11 is 0. The molecule has 0 radical (unpaired) electrons. The van der Waals surface area contributed by atoms with E-state index in [0.29, 0.717) is 0 Å². The fourth-order valence-corrected chi connectivity index (χ4v) is 1.15. The van der Waals surface area contributed by atoms with Gasteiger partial charge in [-0.05, 0) is 23.8 Å². The van der Waals surface area contributed by atoms with Crippen LogP contribution in [0.4, 0.5) is 4.79 Å². The molecule has 0 fully saturated rings. The van der Waals surface area contributed by atoms with Crippen molar-refractivity contribution < 1.29 is 14.6 Å². The van der Waals surface area contributed by atoms with Gasteiger partial charge in [-0.3, -0.25) is 0 Å². The summed E-state index contributed by atoms with van der Waals surface area (Å²) in [7, 11) is 1.61. The van der Waals surface area contributed by atoms with Gasteiger partial charge in [0, 0.05) is 12.7 Å². The van der Waals surface area contributed by atoms with Crippen molar-refractivity contribution in [3.05, 3.63) is 36.0 Å². The Morgan fingerprint density at radius 3 is 2.71 bits per heavy atom. The summed E-state index contributed by atoms with van der Waals surface area (Å²) in [6, 6.07) is 7.09. The van der Waals surface area contributed by atoms with Crippen molar-refractivity contribution >= 4 is 12.1 Å². The number of amides is 2. The van der Waals surface area contributed by atoms with E-state index in [9.17, 15) is 4.79 Å². The van der Waals surface area contributed by atoms with Gasteiger partial charge in [0.05, 0.1) is 13.7 Å². The number of aliphatic hydroxyl groups is 1. The second kappa shape index (κ2) is 7.29. The van der Waals surface area contributed by atoms with E-state index in [4.69, 9.17) is 9.84 Å².